The Labute approximate surface area is 180 Å². The van der Waals surface area contributed by atoms with Gasteiger partial charge in [0.1, 0.15) is 0 Å². The first-order valence-electron chi connectivity index (χ1n) is 10.4. The molecule has 0 bridgehead atoms. The molecule has 3 aromatic rings. The molecule has 0 spiro atoms. The van der Waals surface area contributed by atoms with Gasteiger partial charge in [0.2, 0.25) is 0 Å². The number of hydrogen-bond donors (Lipinski definition) is 2. The number of fused-ring (bicyclic) bond motifs is 1. The molecule has 2 N–H and O–H groups in total. The van der Waals surface area contributed by atoms with Crippen LogP contribution in [0.1, 0.15) is 43.1 Å². The number of nitrogens with zero attached hydrogens (tertiary/aromatic N) is 1. The number of carbonyl (C=O) groups excluding carboxylic acids is 1. The third kappa shape index (κ3) is 5.66. The van der Waals surface area contributed by atoms with Crippen LogP contribution in [0.5, 0.6) is 0 Å². The van der Waals surface area contributed by atoms with Gasteiger partial charge in [-0.3, -0.25) is 14.0 Å². The molecule has 1 aromatic heterocycles. The minimum absolute atomic E-state index is 0.0256. The molecule has 1 unspecified atom stereocenters. The highest BCUT2D eigenvalue weighted by Gasteiger charge is 2.17. The fraction of sp³-hybridized carbons (Fsp3) is 0.333. The zero-order chi connectivity index (χ0) is 21.5. The Morgan fingerprint density at radius 3 is 2.57 bits per heavy atom. The predicted octanol–water partition coefficient (Wildman–Crippen LogP) is 4.82. The molecule has 1 atom stereocenters. The van der Waals surface area contributed by atoms with Crippen molar-refractivity contribution in [1.29, 1.82) is 0 Å². The lowest BCUT2D eigenvalue weighted by Crippen LogP contribution is -2.30. The summed E-state index contributed by atoms with van der Waals surface area (Å²) in [5, 5.41) is 7.26. The Morgan fingerprint density at radius 1 is 1.10 bits per heavy atom. The van der Waals surface area contributed by atoms with Gasteiger partial charge in [-0.2, -0.15) is 0 Å². The average molecular weight is 424 g/mol. The van der Waals surface area contributed by atoms with Crippen molar-refractivity contribution in [2.75, 3.05) is 16.8 Å². The summed E-state index contributed by atoms with van der Waals surface area (Å²) in [6, 6.07) is 15.9. The fourth-order valence-electron chi connectivity index (χ4n) is 3.27. The zero-order valence-electron chi connectivity index (χ0n) is 17.8. The molecule has 0 aliphatic carbocycles. The first-order valence-corrected chi connectivity index (χ1v) is 11.9. The summed E-state index contributed by atoms with van der Waals surface area (Å²) in [4.78, 5) is 17.4. The number of benzene rings is 2. The SMILES string of the molecule is CCCS(=O)CCc1ccc2ncc(C(=O)NC(C)C)c(Nc3ccccc3)c2c1. The smallest absolute Gasteiger partial charge is 0.255 e. The van der Waals surface area contributed by atoms with Gasteiger partial charge >= 0.3 is 0 Å². The number of carbonyl (C=O) groups is 1. The average Bonchev–Trinajstić information content (AvgIpc) is 2.73. The van der Waals surface area contributed by atoms with Crippen LogP contribution in [-0.2, 0) is 17.2 Å². The van der Waals surface area contributed by atoms with E-state index in [1.54, 1.807) is 6.20 Å². The van der Waals surface area contributed by atoms with Gasteiger partial charge in [-0.05, 0) is 56.5 Å². The normalized spacial score (nSPS) is 12.1. The molecule has 5 nitrogen and oxygen atoms in total. The molecule has 3 rings (SSSR count). The Bertz CT molecular complexity index is 1040. The van der Waals surface area contributed by atoms with E-state index in [4.69, 9.17) is 0 Å². The number of para-hydroxylation sites is 1. The van der Waals surface area contributed by atoms with Crippen molar-refractivity contribution in [3.63, 3.8) is 0 Å². The highest BCUT2D eigenvalue weighted by atomic mass is 32.2. The number of hydrogen-bond acceptors (Lipinski definition) is 4. The molecule has 0 saturated heterocycles. The van der Waals surface area contributed by atoms with Crippen LogP contribution in [0.15, 0.2) is 54.7 Å². The number of nitrogens with one attached hydrogen (secondary N) is 2. The highest BCUT2D eigenvalue weighted by molar-refractivity contribution is 7.84. The first-order chi connectivity index (χ1) is 14.5. The molecule has 0 fully saturated rings. The maximum atomic E-state index is 12.9. The summed E-state index contributed by atoms with van der Waals surface area (Å²) in [6.45, 7) is 5.92. The van der Waals surface area contributed by atoms with E-state index in [9.17, 15) is 9.00 Å². The zero-order valence-corrected chi connectivity index (χ0v) is 18.6. The summed E-state index contributed by atoms with van der Waals surface area (Å²) >= 11 is 0. The number of anilines is 2. The summed E-state index contributed by atoms with van der Waals surface area (Å²) < 4.78 is 12.1. The van der Waals surface area contributed by atoms with E-state index < -0.39 is 10.8 Å². The van der Waals surface area contributed by atoms with Gasteiger partial charge in [0.05, 0.1) is 16.8 Å². The predicted molar refractivity (Wildman–Crippen MR) is 126 cm³/mol. The summed E-state index contributed by atoms with van der Waals surface area (Å²) in [6.07, 6.45) is 3.28. The summed E-state index contributed by atoms with van der Waals surface area (Å²) in [5.41, 5.74) is 4.05. The first kappa shape index (κ1) is 22.0. The minimum atomic E-state index is -0.805. The maximum absolute atomic E-state index is 12.9. The van der Waals surface area contributed by atoms with Crippen LogP contribution in [0, 0.1) is 0 Å². The molecular weight excluding hydrogens is 394 g/mol. The van der Waals surface area contributed by atoms with Crippen LogP contribution in [-0.4, -0.2) is 32.6 Å². The lowest BCUT2D eigenvalue weighted by molar-refractivity contribution is 0.0944. The quantitative estimate of drug-likeness (QED) is 0.518. The Balaban J connectivity index is 2.03. The minimum Gasteiger partial charge on any atom is -0.354 e. The van der Waals surface area contributed by atoms with E-state index in [-0.39, 0.29) is 11.9 Å². The summed E-state index contributed by atoms with van der Waals surface area (Å²) in [5.74, 6) is 1.21. The van der Waals surface area contributed by atoms with Crippen molar-refractivity contribution in [3.05, 3.63) is 65.9 Å². The van der Waals surface area contributed by atoms with Crippen LogP contribution in [0.4, 0.5) is 11.4 Å². The van der Waals surface area contributed by atoms with Crippen molar-refractivity contribution in [2.24, 2.45) is 0 Å². The molecule has 2 aromatic carbocycles. The van der Waals surface area contributed by atoms with Crippen molar-refractivity contribution in [3.8, 4) is 0 Å². The Hall–Kier alpha value is -2.73. The molecule has 0 saturated carbocycles. The Morgan fingerprint density at radius 2 is 1.87 bits per heavy atom. The van der Waals surface area contributed by atoms with Gasteiger partial charge in [0.15, 0.2) is 0 Å². The number of rotatable bonds is 9. The standard InChI is InChI=1S/C24H29N3O2S/c1-4-13-30(29)14-12-18-10-11-22-20(15-18)23(27-19-8-6-5-7-9-19)21(16-25-22)24(28)26-17(2)3/h5-11,15-17H,4,12-14H2,1-3H3,(H,25,27)(H,26,28). The van der Waals surface area contributed by atoms with E-state index >= 15 is 0 Å². The van der Waals surface area contributed by atoms with Crippen molar-refractivity contribution in [2.45, 2.75) is 39.7 Å². The summed E-state index contributed by atoms with van der Waals surface area (Å²) in [7, 11) is -0.805. The third-order valence-electron chi connectivity index (χ3n) is 4.69. The van der Waals surface area contributed by atoms with Gasteiger partial charge in [-0.25, -0.2) is 0 Å². The highest BCUT2D eigenvalue weighted by Crippen LogP contribution is 2.30. The largest absolute Gasteiger partial charge is 0.354 e. The molecule has 30 heavy (non-hydrogen) atoms. The van der Waals surface area contributed by atoms with Gasteiger partial charge in [-0.15, -0.1) is 0 Å². The third-order valence-corrected chi connectivity index (χ3v) is 6.21. The van der Waals surface area contributed by atoms with Crippen LogP contribution in [0.2, 0.25) is 0 Å². The molecule has 1 heterocycles. The second-order valence-electron chi connectivity index (χ2n) is 7.62. The van der Waals surface area contributed by atoms with E-state index in [1.165, 1.54) is 0 Å². The number of pyridine rings is 1. The number of aryl methyl sites for hydroxylation is 1. The van der Waals surface area contributed by atoms with Gasteiger partial charge in [0.25, 0.3) is 5.91 Å². The monoisotopic (exact) mass is 423 g/mol. The van der Waals surface area contributed by atoms with Gasteiger partial charge in [0, 0.05) is 45.6 Å². The second kappa shape index (κ2) is 10.3. The molecule has 1 amide bonds. The molecule has 0 radical (unpaired) electrons. The number of aromatic nitrogens is 1. The van der Waals surface area contributed by atoms with E-state index in [1.807, 2.05) is 63.2 Å². The lowest BCUT2D eigenvalue weighted by Gasteiger charge is -2.16. The molecule has 0 aliphatic heterocycles. The van der Waals surface area contributed by atoms with Crippen molar-refractivity contribution >= 4 is 39.0 Å². The van der Waals surface area contributed by atoms with Crippen molar-refractivity contribution < 1.29 is 9.00 Å². The van der Waals surface area contributed by atoms with Gasteiger partial charge in [-0.1, -0.05) is 31.2 Å². The Kier molecular flexibility index (Phi) is 7.57. The fourth-order valence-corrected chi connectivity index (χ4v) is 4.39. The van der Waals surface area contributed by atoms with E-state index in [0.717, 1.165) is 46.4 Å². The molecule has 6 heteroatoms. The van der Waals surface area contributed by atoms with E-state index in [0.29, 0.717) is 11.3 Å². The maximum Gasteiger partial charge on any atom is 0.255 e. The molecular formula is C24H29N3O2S. The lowest BCUT2D eigenvalue weighted by atomic mass is 10.0. The topological polar surface area (TPSA) is 71.1 Å². The van der Waals surface area contributed by atoms with Crippen molar-refractivity contribution in [1.82, 2.24) is 10.3 Å². The molecule has 0 aliphatic rings. The van der Waals surface area contributed by atoms with Gasteiger partial charge < -0.3 is 10.6 Å². The van der Waals surface area contributed by atoms with Crippen LogP contribution >= 0.6 is 0 Å². The second-order valence-corrected chi connectivity index (χ2v) is 9.31. The van der Waals surface area contributed by atoms with Crippen LogP contribution < -0.4 is 10.6 Å². The molecule has 158 valence electrons. The number of amides is 1. The van der Waals surface area contributed by atoms with Crippen LogP contribution in [0.25, 0.3) is 10.9 Å². The van der Waals surface area contributed by atoms with Crippen LogP contribution in [0.3, 0.4) is 0 Å². The van der Waals surface area contributed by atoms with E-state index in [2.05, 4.69) is 21.7 Å².